The molecule has 2 amide bonds. The molecule has 0 aliphatic carbocycles. The number of carbonyl (C=O) groups excluding carboxylic acids is 2. The van der Waals surface area contributed by atoms with Crippen molar-refractivity contribution in [1.29, 1.82) is 0 Å². The molecule has 0 aromatic heterocycles. The Morgan fingerprint density at radius 3 is 2.38 bits per heavy atom. The highest BCUT2D eigenvalue weighted by molar-refractivity contribution is 6.05. The van der Waals surface area contributed by atoms with Gasteiger partial charge in [-0.25, -0.2) is 0 Å². The lowest BCUT2D eigenvalue weighted by Crippen LogP contribution is -2.14. The summed E-state index contributed by atoms with van der Waals surface area (Å²) in [7, 11) is 0. The van der Waals surface area contributed by atoms with E-state index in [1.54, 1.807) is 48.5 Å². The molecule has 2 aromatic carbocycles. The zero-order valence-corrected chi connectivity index (χ0v) is 15.2. The molecule has 3 N–H and O–H groups in total. The maximum atomic E-state index is 12.3. The van der Waals surface area contributed by atoms with E-state index in [0.29, 0.717) is 23.4 Å². The number of ether oxygens (including phenoxy) is 1. The molecule has 0 unspecified atom stereocenters. The van der Waals surface area contributed by atoms with Gasteiger partial charge in [0.25, 0.3) is 5.91 Å². The minimum absolute atomic E-state index is 0.252. The topological polar surface area (TPSA) is 81.4 Å². The van der Waals surface area contributed by atoms with Crippen LogP contribution in [0.1, 0.15) is 59.7 Å². The first-order valence-electron chi connectivity index (χ1n) is 9.04. The van der Waals surface area contributed by atoms with E-state index in [1.165, 1.54) is 25.7 Å². The maximum absolute atomic E-state index is 12.3. The van der Waals surface area contributed by atoms with E-state index in [-0.39, 0.29) is 5.91 Å². The van der Waals surface area contributed by atoms with Gasteiger partial charge in [0.15, 0.2) is 0 Å². The molecule has 0 aliphatic heterocycles. The van der Waals surface area contributed by atoms with Gasteiger partial charge >= 0.3 is 0 Å². The van der Waals surface area contributed by atoms with Gasteiger partial charge < -0.3 is 15.8 Å². The van der Waals surface area contributed by atoms with Crippen molar-refractivity contribution in [2.75, 3.05) is 11.9 Å². The Bertz CT molecular complexity index is 726. The normalized spacial score (nSPS) is 10.3. The summed E-state index contributed by atoms with van der Waals surface area (Å²) in [4.78, 5) is 23.5. The van der Waals surface area contributed by atoms with Gasteiger partial charge in [0.1, 0.15) is 5.75 Å². The largest absolute Gasteiger partial charge is 0.494 e. The molecule has 0 aliphatic rings. The van der Waals surface area contributed by atoms with Crippen LogP contribution < -0.4 is 15.8 Å². The maximum Gasteiger partial charge on any atom is 0.255 e. The fraction of sp³-hybridized carbons (Fsp3) is 0.333. The average molecular weight is 354 g/mol. The molecule has 0 saturated heterocycles. The molecule has 0 fully saturated rings. The third-order valence-electron chi connectivity index (χ3n) is 4.04. The molecular weight excluding hydrogens is 328 g/mol. The van der Waals surface area contributed by atoms with Crippen molar-refractivity contribution in [3.8, 4) is 5.75 Å². The highest BCUT2D eigenvalue weighted by Crippen LogP contribution is 2.16. The van der Waals surface area contributed by atoms with Crippen molar-refractivity contribution in [1.82, 2.24) is 0 Å². The van der Waals surface area contributed by atoms with Crippen molar-refractivity contribution in [3.63, 3.8) is 0 Å². The Balaban J connectivity index is 1.84. The first-order valence-corrected chi connectivity index (χ1v) is 9.04. The van der Waals surface area contributed by atoms with Crippen LogP contribution in [-0.4, -0.2) is 18.4 Å². The number of unbranched alkanes of at least 4 members (excludes halogenated alkanes) is 4. The molecule has 0 radical (unpaired) electrons. The Hall–Kier alpha value is -2.82. The zero-order chi connectivity index (χ0) is 18.8. The number of nitrogens with two attached hydrogens (primary N) is 1. The summed E-state index contributed by atoms with van der Waals surface area (Å²) in [5, 5.41) is 2.76. The highest BCUT2D eigenvalue weighted by Gasteiger charge is 2.08. The van der Waals surface area contributed by atoms with Crippen LogP contribution in [0.5, 0.6) is 5.75 Å². The fourth-order valence-corrected chi connectivity index (χ4v) is 2.55. The second-order valence-corrected chi connectivity index (χ2v) is 6.19. The van der Waals surface area contributed by atoms with Crippen LogP contribution in [0.4, 0.5) is 5.69 Å². The molecule has 138 valence electrons. The lowest BCUT2D eigenvalue weighted by molar-refractivity contribution is 0.0996. The Morgan fingerprint density at radius 2 is 1.69 bits per heavy atom. The van der Waals surface area contributed by atoms with Crippen molar-refractivity contribution in [2.24, 2.45) is 5.73 Å². The van der Waals surface area contributed by atoms with Crippen molar-refractivity contribution >= 4 is 17.5 Å². The molecule has 26 heavy (non-hydrogen) atoms. The van der Waals surface area contributed by atoms with Crippen molar-refractivity contribution < 1.29 is 14.3 Å². The Labute approximate surface area is 154 Å². The number of hydrogen-bond acceptors (Lipinski definition) is 3. The van der Waals surface area contributed by atoms with Crippen LogP contribution in [0, 0.1) is 0 Å². The number of benzene rings is 2. The summed E-state index contributed by atoms with van der Waals surface area (Å²) in [6.45, 7) is 2.89. The quantitative estimate of drug-likeness (QED) is 0.621. The van der Waals surface area contributed by atoms with Crippen molar-refractivity contribution in [2.45, 2.75) is 39.0 Å². The molecular formula is C21H26N2O3. The second-order valence-electron chi connectivity index (χ2n) is 6.19. The van der Waals surface area contributed by atoms with Crippen LogP contribution in [0.2, 0.25) is 0 Å². The first kappa shape index (κ1) is 19.5. The summed E-state index contributed by atoms with van der Waals surface area (Å²) < 4.78 is 5.70. The van der Waals surface area contributed by atoms with Gasteiger partial charge in [-0.15, -0.1) is 0 Å². The highest BCUT2D eigenvalue weighted by atomic mass is 16.5. The average Bonchev–Trinajstić information content (AvgIpc) is 2.65. The van der Waals surface area contributed by atoms with E-state index < -0.39 is 5.91 Å². The van der Waals surface area contributed by atoms with Crippen LogP contribution in [-0.2, 0) is 0 Å². The predicted octanol–water partition coefficient (Wildman–Crippen LogP) is 4.39. The fourth-order valence-electron chi connectivity index (χ4n) is 2.55. The number of amides is 2. The minimum atomic E-state index is -0.530. The van der Waals surface area contributed by atoms with Crippen LogP contribution >= 0.6 is 0 Å². The van der Waals surface area contributed by atoms with E-state index in [4.69, 9.17) is 10.5 Å². The number of rotatable bonds is 10. The van der Waals surface area contributed by atoms with Crippen LogP contribution in [0.15, 0.2) is 48.5 Å². The minimum Gasteiger partial charge on any atom is -0.494 e. The van der Waals surface area contributed by atoms with Gasteiger partial charge in [-0.2, -0.15) is 0 Å². The number of anilines is 1. The summed E-state index contributed by atoms with van der Waals surface area (Å²) in [5.41, 5.74) is 6.65. The SMILES string of the molecule is CCCCCCCOc1ccc(C(=O)Nc2cccc(C(N)=O)c2)cc1. The molecule has 0 atom stereocenters. The van der Waals surface area contributed by atoms with E-state index in [9.17, 15) is 9.59 Å². The molecule has 0 spiro atoms. The first-order chi connectivity index (χ1) is 12.6. The van der Waals surface area contributed by atoms with E-state index in [1.807, 2.05) is 0 Å². The van der Waals surface area contributed by atoms with Crippen LogP contribution in [0.3, 0.4) is 0 Å². The molecule has 5 heteroatoms. The van der Waals surface area contributed by atoms with Crippen molar-refractivity contribution in [3.05, 3.63) is 59.7 Å². The lowest BCUT2D eigenvalue weighted by Gasteiger charge is -2.08. The standard InChI is InChI=1S/C21H26N2O3/c1-2-3-4-5-6-14-26-19-12-10-16(11-13-19)21(25)23-18-9-7-8-17(15-18)20(22)24/h7-13,15H,2-6,14H2,1H3,(H2,22,24)(H,23,25). The molecule has 0 heterocycles. The Morgan fingerprint density at radius 1 is 0.962 bits per heavy atom. The molecule has 0 bridgehead atoms. The van der Waals surface area contributed by atoms with Gasteiger partial charge in [0, 0.05) is 16.8 Å². The molecule has 2 aromatic rings. The molecule has 5 nitrogen and oxygen atoms in total. The number of hydrogen-bond donors (Lipinski definition) is 2. The lowest BCUT2D eigenvalue weighted by atomic mass is 10.1. The molecule has 2 rings (SSSR count). The molecule has 0 saturated carbocycles. The van der Waals surface area contributed by atoms with E-state index in [2.05, 4.69) is 12.2 Å². The monoisotopic (exact) mass is 354 g/mol. The van der Waals surface area contributed by atoms with Gasteiger partial charge in [0.2, 0.25) is 5.91 Å². The summed E-state index contributed by atoms with van der Waals surface area (Å²) in [6.07, 6.45) is 5.97. The smallest absolute Gasteiger partial charge is 0.255 e. The van der Waals surface area contributed by atoms with Gasteiger partial charge in [-0.3, -0.25) is 9.59 Å². The van der Waals surface area contributed by atoms with E-state index in [0.717, 1.165) is 12.2 Å². The zero-order valence-electron chi connectivity index (χ0n) is 15.2. The number of primary amides is 1. The third-order valence-corrected chi connectivity index (χ3v) is 4.04. The predicted molar refractivity (Wildman–Crippen MR) is 104 cm³/mol. The Kier molecular flexibility index (Phi) is 7.68. The number of nitrogens with one attached hydrogen (secondary N) is 1. The number of carbonyl (C=O) groups is 2. The third kappa shape index (κ3) is 6.24. The van der Waals surface area contributed by atoms with Gasteiger partial charge in [-0.05, 0) is 48.9 Å². The summed E-state index contributed by atoms with van der Waals surface area (Å²) in [6, 6.07) is 13.6. The van der Waals surface area contributed by atoms with Crippen LogP contribution in [0.25, 0.3) is 0 Å². The second kappa shape index (κ2) is 10.2. The van der Waals surface area contributed by atoms with Gasteiger partial charge in [0.05, 0.1) is 6.61 Å². The summed E-state index contributed by atoms with van der Waals surface area (Å²) in [5.74, 6) is -0.0252. The van der Waals surface area contributed by atoms with Gasteiger partial charge in [-0.1, -0.05) is 38.7 Å². The van der Waals surface area contributed by atoms with E-state index >= 15 is 0 Å². The summed E-state index contributed by atoms with van der Waals surface area (Å²) >= 11 is 0.